The summed E-state index contributed by atoms with van der Waals surface area (Å²) in [6.07, 6.45) is 3.60. The van der Waals surface area contributed by atoms with E-state index in [1.54, 1.807) is 0 Å². The molecule has 2 N–H and O–H groups in total. The first-order chi connectivity index (χ1) is 8.63. The minimum Gasteiger partial charge on any atom is -0.332 e. The van der Waals surface area contributed by atoms with Gasteiger partial charge in [-0.3, -0.25) is 4.79 Å². The Morgan fingerprint density at radius 2 is 2.11 bits per heavy atom. The van der Waals surface area contributed by atoms with E-state index in [4.69, 9.17) is 11.6 Å². The molecule has 2 aliphatic heterocycles. The van der Waals surface area contributed by atoms with Crippen molar-refractivity contribution < 1.29 is 9.59 Å². The lowest BCUT2D eigenvalue weighted by Crippen LogP contribution is -2.26. The molecule has 6 heteroatoms. The molecule has 18 heavy (non-hydrogen) atoms. The van der Waals surface area contributed by atoms with Gasteiger partial charge in [0.05, 0.1) is 11.4 Å². The van der Waals surface area contributed by atoms with Crippen LogP contribution >= 0.6 is 23.4 Å². The molecule has 0 spiro atoms. The zero-order chi connectivity index (χ0) is 14.0. The first kappa shape index (κ1) is 17.6. The summed E-state index contributed by atoms with van der Waals surface area (Å²) in [6, 6.07) is 0.402. The van der Waals surface area contributed by atoms with E-state index in [0.29, 0.717) is 17.8 Å². The standard InChI is InChI=1S/C5H9ClO.C5H8N2OS.C2H6/c1-2-3-4-5(6)7;8-5-6-3-1-2-9-4(3)7-5;1-2/h2-4H2,1H3;3-4H,1-2H2,(H2,6,7,8);1-2H3. The highest BCUT2D eigenvalue weighted by Crippen LogP contribution is 2.27. The molecule has 0 aromatic rings. The number of carbonyl (C=O) groups is 2. The molecule has 0 aromatic carbocycles. The highest BCUT2D eigenvalue weighted by atomic mass is 35.5. The average molecular weight is 295 g/mol. The zero-order valence-electron chi connectivity index (χ0n) is 11.3. The Morgan fingerprint density at radius 3 is 2.56 bits per heavy atom. The molecule has 2 rings (SSSR count). The maximum Gasteiger partial charge on any atom is 0.316 e. The summed E-state index contributed by atoms with van der Waals surface area (Å²) in [4.78, 5) is 20.6. The van der Waals surface area contributed by atoms with Gasteiger partial charge in [-0.15, -0.1) is 11.8 Å². The molecule has 106 valence electrons. The molecule has 0 aromatic heterocycles. The van der Waals surface area contributed by atoms with Crippen LogP contribution in [0.15, 0.2) is 0 Å². The second-order valence-electron chi connectivity index (χ2n) is 3.76. The normalized spacial score (nSPS) is 23.7. The van der Waals surface area contributed by atoms with Gasteiger partial charge in [-0.25, -0.2) is 4.79 Å². The summed E-state index contributed by atoms with van der Waals surface area (Å²) in [6.45, 7) is 6.03. The highest BCUT2D eigenvalue weighted by molar-refractivity contribution is 8.00. The van der Waals surface area contributed by atoms with E-state index < -0.39 is 0 Å². The molecule has 2 atom stereocenters. The van der Waals surface area contributed by atoms with E-state index in [1.165, 1.54) is 5.75 Å². The van der Waals surface area contributed by atoms with Gasteiger partial charge in [0.15, 0.2) is 0 Å². The lowest BCUT2D eigenvalue weighted by Gasteiger charge is -2.02. The first-order valence-corrected chi connectivity index (χ1v) is 7.93. The van der Waals surface area contributed by atoms with E-state index in [9.17, 15) is 9.59 Å². The SMILES string of the molecule is CC.CCCCC(=O)Cl.O=C1NC2CCSC2N1. The predicted octanol–water partition coefficient (Wildman–Crippen LogP) is 3.10. The van der Waals surface area contributed by atoms with Crippen molar-refractivity contribution >= 4 is 34.6 Å². The summed E-state index contributed by atoms with van der Waals surface area (Å²) in [7, 11) is 0. The first-order valence-electron chi connectivity index (χ1n) is 6.50. The van der Waals surface area contributed by atoms with Crippen molar-refractivity contribution in [1.82, 2.24) is 10.6 Å². The van der Waals surface area contributed by atoms with Gasteiger partial charge in [0.2, 0.25) is 5.24 Å². The number of fused-ring (bicyclic) bond motifs is 1. The van der Waals surface area contributed by atoms with Crippen LogP contribution in [0.1, 0.15) is 46.5 Å². The molecule has 4 nitrogen and oxygen atoms in total. The number of hydrogen-bond donors (Lipinski definition) is 2. The van der Waals surface area contributed by atoms with Gasteiger partial charge in [-0.1, -0.05) is 27.2 Å². The fourth-order valence-electron chi connectivity index (χ4n) is 1.53. The van der Waals surface area contributed by atoms with Crippen LogP contribution in [0.3, 0.4) is 0 Å². The van der Waals surface area contributed by atoms with Gasteiger partial charge in [-0.05, 0) is 30.2 Å². The number of urea groups is 1. The van der Waals surface area contributed by atoms with Gasteiger partial charge in [-0.2, -0.15) is 0 Å². The number of nitrogens with one attached hydrogen (secondary N) is 2. The van der Waals surface area contributed by atoms with Crippen LogP contribution < -0.4 is 10.6 Å². The average Bonchev–Trinajstić information content (AvgIpc) is 2.90. The molecular weight excluding hydrogens is 272 g/mol. The quantitative estimate of drug-likeness (QED) is 0.786. The second-order valence-corrected chi connectivity index (χ2v) is 5.43. The van der Waals surface area contributed by atoms with Crippen LogP contribution in [0.2, 0.25) is 0 Å². The van der Waals surface area contributed by atoms with E-state index in [-0.39, 0.29) is 11.3 Å². The Balaban J connectivity index is 0.000000292. The Hall–Kier alpha value is -0.420. The maximum absolute atomic E-state index is 10.6. The number of rotatable bonds is 3. The van der Waals surface area contributed by atoms with E-state index >= 15 is 0 Å². The van der Waals surface area contributed by atoms with Crippen molar-refractivity contribution in [2.45, 2.75) is 57.9 Å². The van der Waals surface area contributed by atoms with Gasteiger partial charge < -0.3 is 10.6 Å². The number of hydrogen-bond acceptors (Lipinski definition) is 3. The Bertz CT molecular complexity index is 250. The second kappa shape index (κ2) is 10.5. The summed E-state index contributed by atoms with van der Waals surface area (Å²) in [5.41, 5.74) is 0. The number of thioether (sulfide) groups is 1. The molecule has 0 aliphatic carbocycles. The third kappa shape index (κ3) is 7.11. The molecule has 2 amide bonds. The van der Waals surface area contributed by atoms with E-state index in [0.717, 1.165) is 19.3 Å². The van der Waals surface area contributed by atoms with Crippen molar-refractivity contribution in [2.75, 3.05) is 5.75 Å². The predicted molar refractivity (Wildman–Crippen MR) is 78.1 cm³/mol. The maximum atomic E-state index is 10.6. The number of unbranched alkanes of at least 4 members (excludes halogenated alkanes) is 1. The Kier molecular flexibility index (Phi) is 10.3. The van der Waals surface area contributed by atoms with Crippen LogP contribution in [0.5, 0.6) is 0 Å². The summed E-state index contributed by atoms with van der Waals surface area (Å²) >= 11 is 6.84. The van der Waals surface area contributed by atoms with Crippen LogP contribution in [0, 0.1) is 0 Å². The van der Waals surface area contributed by atoms with E-state index in [2.05, 4.69) is 10.6 Å². The molecule has 2 fully saturated rings. The van der Waals surface area contributed by atoms with Crippen molar-refractivity contribution in [1.29, 1.82) is 0 Å². The topological polar surface area (TPSA) is 58.2 Å². The van der Waals surface area contributed by atoms with Crippen molar-refractivity contribution in [3.63, 3.8) is 0 Å². The molecule has 2 aliphatic rings. The third-order valence-electron chi connectivity index (χ3n) is 2.41. The lowest BCUT2D eigenvalue weighted by atomic mass is 10.2. The summed E-state index contributed by atoms with van der Waals surface area (Å²) < 4.78 is 0. The molecule has 0 bridgehead atoms. The minimum absolute atomic E-state index is 0.00259. The molecule has 0 radical (unpaired) electrons. The van der Waals surface area contributed by atoms with Crippen molar-refractivity contribution in [2.24, 2.45) is 0 Å². The number of amides is 2. The molecule has 2 heterocycles. The van der Waals surface area contributed by atoms with Crippen molar-refractivity contribution in [3.8, 4) is 0 Å². The number of halogens is 1. The van der Waals surface area contributed by atoms with Gasteiger partial charge in [0, 0.05) is 6.42 Å². The monoisotopic (exact) mass is 294 g/mol. The molecular formula is C12H23ClN2O2S. The van der Waals surface area contributed by atoms with E-state index in [1.807, 2.05) is 32.5 Å². The zero-order valence-corrected chi connectivity index (χ0v) is 12.9. The Morgan fingerprint density at radius 1 is 1.44 bits per heavy atom. The molecule has 2 unspecified atom stereocenters. The summed E-state index contributed by atoms with van der Waals surface area (Å²) in [5.74, 6) is 1.17. The van der Waals surface area contributed by atoms with Crippen LogP contribution in [-0.2, 0) is 4.79 Å². The number of carbonyl (C=O) groups excluding carboxylic acids is 2. The smallest absolute Gasteiger partial charge is 0.316 e. The van der Waals surface area contributed by atoms with Crippen LogP contribution in [-0.4, -0.2) is 28.4 Å². The van der Waals surface area contributed by atoms with Gasteiger partial charge in [0.1, 0.15) is 0 Å². The molecule has 2 saturated heterocycles. The largest absolute Gasteiger partial charge is 0.332 e. The van der Waals surface area contributed by atoms with Gasteiger partial charge in [0.25, 0.3) is 0 Å². The van der Waals surface area contributed by atoms with Crippen LogP contribution in [0.25, 0.3) is 0 Å². The Labute approximate surface area is 119 Å². The highest BCUT2D eigenvalue weighted by Gasteiger charge is 2.35. The summed E-state index contributed by atoms with van der Waals surface area (Å²) in [5, 5.41) is 5.81. The van der Waals surface area contributed by atoms with Gasteiger partial charge >= 0.3 is 6.03 Å². The van der Waals surface area contributed by atoms with Crippen molar-refractivity contribution in [3.05, 3.63) is 0 Å². The third-order valence-corrected chi connectivity index (χ3v) is 3.87. The fraction of sp³-hybridized carbons (Fsp3) is 0.833. The minimum atomic E-state index is -0.221. The molecule has 0 saturated carbocycles. The lowest BCUT2D eigenvalue weighted by molar-refractivity contribution is -0.111. The fourth-order valence-corrected chi connectivity index (χ4v) is 2.94. The van der Waals surface area contributed by atoms with Crippen LogP contribution in [0.4, 0.5) is 4.79 Å².